The maximum atomic E-state index is 12.2. The molecule has 108 valence electrons. The lowest BCUT2D eigenvalue weighted by Gasteiger charge is -2.25. The van der Waals surface area contributed by atoms with Crippen molar-refractivity contribution in [3.05, 3.63) is 80.7 Å². The Morgan fingerprint density at radius 2 is 1.81 bits per heavy atom. The highest BCUT2D eigenvalue weighted by molar-refractivity contribution is 5.36. The fourth-order valence-electron chi connectivity index (χ4n) is 2.77. The van der Waals surface area contributed by atoms with E-state index in [2.05, 4.69) is 30.2 Å². The summed E-state index contributed by atoms with van der Waals surface area (Å²) in [7, 11) is 1.48. The van der Waals surface area contributed by atoms with Crippen LogP contribution in [0.2, 0.25) is 0 Å². The van der Waals surface area contributed by atoms with Crippen molar-refractivity contribution in [3.63, 3.8) is 0 Å². The van der Waals surface area contributed by atoms with E-state index < -0.39 is 5.69 Å². The normalized spacial score (nSPS) is 20.9. The van der Waals surface area contributed by atoms with Crippen molar-refractivity contribution in [2.75, 3.05) is 0 Å². The maximum Gasteiger partial charge on any atom is 0.347 e. The predicted molar refractivity (Wildman–Crippen MR) is 81.5 cm³/mol. The van der Waals surface area contributed by atoms with E-state index in [0.29, 0.717) is 0 Å². The van der Waals surface area contributed by atoms with Crippen molar-refractivity contribution in [1.82, 2.24) is 14.3 Å². The Morgan fingerprint density at radius 3 is 2.48 bits per heavy atom. The molecule has 0 bridgehead atoms. The highest BCUT2D eigenvalue weighted by atomic mass is 16.2. The monoisotopic (exact) mass is 283 g/mol. The van der Waals surface area contributed by atoms with Gasteiger partial charge in [0.2, 0.25) is 0 Å². The third-order valence-corrected chi connectivity index (χ3v) is 3.97. The molecule has 0 unspecified atom stereocenters. The van der Waals surface area contributed by atoms with Crippen molar-refractivity contribution in [2.45, 2.75) is 18.9 Å². The van der Waals surface area contributed by atoms with E-state index in [1.807, 2.05) is 30.4 Å². The van der Waals surface area contributed by atoms with Gasteiger partial charge >= 0.3 is 11.4 Å². The third-order valence-electron chi connectivity index (χ3n) is 3.97. The quantitative estimate of drug-likeness (QED) is 0.910. The van der Waals surface area contributed by atoms with Crippen LogP contribution in [0.4, 0.5) is 0 Å². The van der Waals surface area contributed by atoms with E-state index in [1.165, 1.54) is 17.3 Å². The van der Waals surface area contributed by atoms with Gasteiger partial charge in [-0.25, -0.2) is 23.9 Å². The number of hydrogen-bond acceptors (Lipinski definition) is 2. The SMILES string of the molecule is Cc1ccccc1[C@H]1C=CC=C[C@@H]1n1[nH]c(=O)n(C)c1=O. The molecule has 1 aromatic heterocycles. The van der Waals surface area contributed by atoms with Gasteiger partial charge in [-0.1, -0.05) is 48.6 Å². The molecule has 1 aliphatic carbocycles. The molecule has 0 radical (unpaired) electrons. The molecule has 0 aliphatic heterocycles. The van der Waals surface area contributed by atoms with Crippen molar-refractivity contribution >= 4 is 0 Å². The summed E-state index contributed by atoms with van der Waals surface area (Å²) < 4.78 is 2.49. The molecule has 0 saturated carbocycles. The third kappa shape index (κ3) is 2.20. The van der Waals surface area contributed by atoms with Crippen LogP contribution in [0.5, 0.6) is 0 Å². The summed E-state index contributed by atoms with van der Waals surface area (Å²) >= 11 is 0. The van der Waals surface area contributed by atoms with Crippen molar-refractivity contribution in [2.24, 2.45) is 7.05 Å². The lowest BCUT2D eigenvalue weighted by atomic mass is 9.86. The van der Waals surface area contributed by atoms with Crippen LogP contribution in [0, 0.1) is 6.92 Å². The van der Waals surface area contributed by atoms with Gasteiger partial charge in [0.25, 0.3) is 0 Å². The maximum absolute atomic E-state index is 12.2. The van der Waals surface area contributed by atoms with Crippen molar-refractivity contribution in [3.8, 4) is 0 Å². The van der Waals surface area contributed by atoms with Crippen LogP contribution in [-0.4, -0.2) is 14.3 Å². The number of nitrogens with one attached hydrogen (secondary N) is 1. The number of benzene rings is 1. The number of nitrogens with zero attached hydrogens (tertiary/aromatic N) is 2. The molecule has 0 fully saturated rings. The highest BCUT2D eigenvalue weighted by Gasteiger charge is 2.26. The number of H-pyrrole nitrogens is 1. The molecule has 2 atom stereocenters. The average Bonchev–Trinajstić information content (AvgIpc) is 2.75. The van der Waals surface area contributed by atoms with Gasteiger partial charge in [0.05, 0.1) is 6.04 Å². The second kappa shape index (κ2) is 5.09. The molecule has 5 nitrogen and oxygen atoms in total. The Balaban J connectivity index is 2.12. The summed E-state index contributed by atoms with van der Waals surface area (Å²) in [4.78, 5) is 23.8. The van der Waals surface area contributed by atoms with Gasteiger partial charge in [-0.3, -0.25) is 0 Å². The zero-order valence-corrected chi connectivity index (χ0v) is 12.0. The Hall–Kier alpha value is -2.56. The standard InChI is InChI=1S/C16H17N3O2/c1-11-7-3-4-8-12(11)13-9-5-6-10-14(13)19-16(21)18(2)15(20)17-19/h3-10,13-14H,1-2H3,(H,17,20)/t13-,14+/m1/s1. The molecule has 0 spiro atoms. The minimum absolute atomic E-state index is 0.0203. The van der Waals surface area contributed by atoms with Gasteiger partial charge in [-0.2, -0.15) is 0 Å². The first-order chi connectivity index (χ1) is 10.1. The van der Waals surface area contributed by atoms with Crippen molar-refractivity contribution in [1.29, 1.82) is 0 Å². The molecule has 1 aromatic carbocycles. The van der Waals surface area contributed by atoms with Crippen molar-refractivity contribution < 1.29 is 0 Å². The molecule has 5 heteroatoms. The second-order valence-electron chi connectivity index (χ2n) is 5.27. The first kappa shape index (κ1) is 13.4. The van der Waals surface area contributed by atoms with E-state index in [9.17, 15) is 9.59 Å². The number of aromatic nitrogens is 3. The molecule has 0 saturated heterocycles. The molecule has 0 amide bonds. The zero-order valence-electron chi connectivity index (χ0n) is 12.0. The van der Waals surface area contributed by atoms with Gasteiger partial charge in [-0.05, 0) is 18.1 Å². The molecule has 2 aromatic rings. The summed E-state index contributed by atoms with van der Waals surface area (Å²) in [5.74, 6) is 0.0203. The summed E-state index contributed by atoms with van der Waals surface area (Å²) in [6.07, 6.45) is 7.87. The van der Waals surface area contributed by atoms with Gasteiger partial charge < -0.3 is 0 Å². The molecular weight excluding hydrogens is 266 g/mol. The van der Waals surface area contributed by atoms with Crippen LogP contribution >= 0.6 is 0 Å². The van der Waals surface area contributed by atoms with E-state index in [-0.39, 0.29) is 17.6 Å². The number of allylic oxidation sites excluding steroid dienone is 4. The first-order valence-electron chi connectivity index (χ1n) is 6.87. The Kier molecular flexibility index (Phi) is 3.25. The van der Waals surface area contributed by atoms with Gasteiger partial charge in [0, 0.05) is 13.0 Å². The largest absolute Gasteiger partial charge is 0.347 e. The number of aromatic amines is 1. The smallest absolute Gasteiger partial charge is 0.246 e. The fraction of sp³-hybridized carbons (Fsp3) is 0.250. The van der Waals surface area contributed by atoms with Crippen LogP contribution < -0.4 is 11.4 Å². The Morgan fingerprint density at radius 1 is 1.10 bits per heavy atom. The topological polar surface area (TPSA) is 59.8 Å². The summed E-state index contributed by atoms with van der Waals surface area (Å²) in [6.45, 7) is 2.05. The number of hydrogen-bond donors (Lipinski definition) is 1. The first-order valence-corrected chi connectivity index (χ1v) is 6.87. The molecule has 21 heavy (non-hydrogen) atoms. The van der Waals surface area contributed by atoms with E-state index in [1.54, 1.807) is 0 Å². The molecular formula is C16H17N3O2. The van der Waals surface area contributed by atoms with Crippen LogP contribution in [0.1, 0.15) is 23.1 Å². The summed E-state index contributed by atoms with van der Waals surface area (Å²) in [5, 5.41) is 2.63. The molecule has 1 aliphatic rings. The molecule has 3 rings (SSSR count). The minimum Gasteiger partial charge on any atom is -0.246 e. The number of rotatable bonds is 2. The number of aryl methyl sites for hydroxylation is 1. The van der Waals surface area contributed by atoms with Crippen LogP contribution in [0.15, 0.2) is 58.2 Å². The van der Waals surface area contributed by atoms with Gasteiger partial charge in [-0.15, -0.1) is 0 Å². The summed E-state index contributed by atoms with van der Waals surface area (Å²) in [5.41, 5.74) is 1.59. The van der Waals surface area contributed by atoms with Crippen LogP contribution in [0.3, 0.4) is 0 Å². The highest BCUT2D eigenvalue weighted by Crippen LogP contribution is 2.34. The van der Waals surface area contributed by atoms with Gasteiger partial charge in [0.1, 0.15) is 0 Å². The zero-order chi connectivity index (χ0) is 15.0. The predicted octanol–water partition coefficient (Wildman–Crippen LogP) is 1.63. The Bertz CT molecular complexity index is 836. The van der Waals surface area contributed by atoms with E-state index >= 15 is 0 Å². The lowest BCUT2D eigenvalue weighted by Crippen LogP contribution is -2.30. The lowest BCUT2D eigenvalue weighted by molar-refractivity contribution is 0.471. The fourth-order valence-corrected chi connectivity index (χ4v) is 2.77. The second-order valence-corrected chi connectivity index (χ2v) is 5.27. The van der Waals surface area contributed by atoms with Gasteiger partial charge in [0.15, 0.2) is 0 Å². The van der Waals surface area contributed by atoms with E-state index in [0.717, 1.165) is 10.1 Å². The van der Waals surface area contributed by atoms with E-state index in [4.69, 9.17) is 0 Å². The Labute approximate surface area is 121 Å². The average molecular weight is 283 g/mol. The molecule has 1 N–H and O–H groups in total. The summed E-state index contributed by atoms with van der Waals surface area (Å²) in [6, 6.07) is 7.87. The van der Waals surface area contributed by atoms with Crippen LogP contribution in [-0.2, 0) is 7.05 Å². The molecule has 1 heterocycles. The minimum atomic E-state index is -0.397. The van der Waals surface area contributed by atoms with Crippen LogP contribution in [0.25, 0.3) is 0 Å².